The van der Waals surface area contributed by atoms with Crippen LogP contribution < -0.4 is 0 Å². The molecule has 1 aliphatic rings. The van der Waals surface area contributed by atoms with Crippen LogP contribution in [0.2, 0.25) is 0 Å². The highest BCUT2D eigenvalue weighted by Gasteiger charge is 2.20. The summed E-state index contributed by atoms with van der Waals surface area (Å²) in [5, 5.41) is 14.8. The summed E-state index contributed by atoms with van der Waals surface area (Å²) in [6, 6.07) is 17.8. The Hall–Kier alpha value is -2.73. The van der Waals surface area contributed by atoms with Crippen molar-refractivity contribution in [3.8, 4) is 0 Å². The summed E-state index contributed by atoms with van der Waals surface area (Å²) in [7, 11) is 0. The van der Waals surface area contributed by atoms with Gasteiger partial charge in [-0.15, -0.1) is 0 Å². The van der Waals surface area contributed by atoms with E-state index in [1.807, 2.05) is 12.1 Å². The van der Waals surface area contributed by atoms with E-state index in [2.05, 4.69) is 35.2 Å². The van der Waals surface area contributed by atoms with Crippen molar-refractivity contribution in [2.45, 2.75) is 25.8 Å². The smallest absolute Gasteiger partial charge is 0.414 e. The minimum atomic E-state index is -1.82. The molecule has 1 fully saturated rings. The number of aliphatic carboxylic acids is 2. The molecular weight excluding hydrogens is 349 g/mol. The lowest BCUT2D eigenvalue weighted by Crippen LogP contribution is -2.34. The largest absolute Gasteiger partial charge is 0.473 e. The third-order valence-corrected chi connectivity index (χ3v) is 4.61. The lowest BCUT2D eigenvalue weighted by atomic mass is 9.90. The lowest BCUT2D eigenvalue weighted by molar-refractivity contribution is -0.159. The maximum atomic E-state index is 13.7. The topological polar surface area (TPSA) is 77.8 Å². The molecule has 1 heterocycles. The molecule has 144 valence electrons. The number of halogens is 1. The second-order valence-electron chi connectivity index (χ2n) is 6.61. The molecule has 0 amide bonds. The number of carboxylic acids is 2. The van der Waals surface area contributed by atoms with Gasteiger partial charge >= 0.3 is 11.9 Å². The Kier molecular flexibility index (Phi) is 7.95. The van der Waals surface area contributed by atoms with Crippen LogP contribution in [-0.2, 0) is 22.6 Å². The molecule has 0 aliphatic carbocycles. The van der Waals surface area contributed by atoms with Gasteiger partial charge in [0.25, 0.3) is 0 Å². The molecule has 5 nitrogen and oxygen atoms in total. The monoisotopic (exact) mass is 373 g/mol. The van der Waals surface area contributed by atoms with Gasteiger partial charge in [-0.25, -0.2) is 14.0 Å². The van der Waals surface area contributed by atoms with E-state index in [1.165, 1.54) is 24.8 Å². The van der Waals surface area contributed by atoms with Gasteiger partial charge in [0.2, 0.25) is 0 Å². The van der Waals surface area contributed by atoms with E-state index in [0.717, 1.165) is 31.1 Å². The number of benzene rings is 2. The molecule has 6 heteroatoms. The zero-order valence-electron chi connectivity index (χ0n) is 15.1. The fourth-order valence-electron chi connectivity index (χ4n) is 3.16. The molecule has 2 N–H and O–H groups in total. The van der Waals surface area contributed by atoms with Gasteiger partial charge in [0, 0.05) is 12.1 Å². The Labute approximate surface area is 158 Å². The summed E-state index contributed by atoms with van der Waals surface area (Å²) in [6.45, 7) is 2.89. The van der Waals surface area contributed by atoms with Gasteiger partial charge in [0.1, 0.15) is 5.82 Å². The first-order valence-electron chi connectivity index (χ1n) is 8.91. The van der Waals surface area contributed by atoms with Crippen molar-refractivity contribution < 1.29 is 24.2 Å². The Balaban J connectivity index is 0.000000380. The SMILES string of the molecule is Fc1ccccc1CN1CCC(Cc2ccccc2)CC1.O=C(O)C(=O)O. The summed E-state index contributed by atoms with van der Waals surface area (Å²) in [5.41, 5.74) is 2.25. The van der Waals surface area contributed by atoms with E-state index in [9.17, 15) is 4.39 Å². The maximum absolute atomic E-state index is 13.7. The second-order valence-corrected chi connectivity index (χ2v) is 6.61. The van der Waals surface area contributed by atoms with Gasteiger partial charge in [-0.1, -0.05) is 48.5 Å². The first kappa shape index (κ1) is 20.6. The van der Waals surface area contributed by atoms with Crippen molar-refractivity contribution in [1.82, 2.24) is 4.90 Å². The van der Waals surface area contributed by atoms with Gasteiger partial charge in [-0.3, -0.25) is 4.90 Å². The second kappa shape index (κ2) is 10.4. The average molecular weight is 373 g/mol. The molecule has 0 bridgehead atoms. The van der Waals surface area contributed by atoms with Crippen molar-refractivity contribution >= 4 is 11.9 Å². The van der Waals surface area contributed by atoms with Crippen molar-refractivity contribution in [3.05, 3.63) is 71.5 Å². The number of likely N-dealkylation sites (tertiary alicyclic amines) is 1. The normalized spacial score (nSPS) is 14.9. The molecule has 2 aromatic carbocycles. The molecule has 0 aromatic heterocycles. The molecular formula is C21H24FNO4. The van der Waals surface area contributed by atoms with Crippen molar-refractivity contribution in [2.24, 2.45) is 5.92 Å². The van der Waals surface area contributed by atoms with Crippen molar-refractivity contribution in [3.63, 3.8) is 0 Å². The van der Waals surface area contributed by atoms with Crippen LogP contribution in [-0.4, -0.2) is 40.1 Å². The average Bonchev–Trinajstić information content (AvgIpc) is 2.66. The third-order valence-electron chi connectivity index (χ3n) is 4.61. The van der Waals surface area contributed by atoms with E-state index < -0.39 is 11.9 Å². The standard InChI is InChI=1S/C19H22FN.C2H2O4/c20-19-9-5-4-8-18(19)15-21-12-10-17(11-13-21)14-16-6-2-1-3-7-16;3-1(4)2(5)6/h1-9,17H,10-15H2;(H,3,4)(H,5,6). The Morgan fingerprint density at radius 1 is 0.926 bits per heavy atom. The molecule has 0 radical (unpaired) electrons. The highest BCUT2D eigenvalue weighted by molar-refractivity contribution is 6.27. The van der Waals surface area contributed by atoms with E-state index in [4.69, 9.17) is 19.8 Å². The molecule has 1 saturated heterocycles. The highest BCUT2D eigenvalue weighted by Crippen LogP contribution is 2.23. The van der Waals surface area contributed by atoms with Crippen molar-refractivity contribution in [1.29, 1.82) is 0 Å². The van der Waals surface area contributed by atoms with Crippen LogP contribution in [0.4, 0.5) is 4.39 Å². The van der Waals surface area contributed by atoms with Crippen LogP contribution in [0, 0.1) is 11.7 Å². The van der Waals surface area contributed by atoms with Gasteiger partial charge in [-0.2, -0.15) is 0 Å². The van der Waals surface area contributed by atoms with E-state index >= 15 is 0 Å². The summed E-state index contributed by atoms with van der Waals surface area (Å²) in [6.07, 6.45) is 3.60. The van der Waals surface area contributed by atoms with Crippen LogP contribution in [0.1, 0.15) is 24.0 Å². The molecule has 3 rings (SSSR count). The van der Waals surface area contributed by atoms with Crippen LogP contribution in [0.25, 0.3) is 0 Å². The predicted molar refractivity (Wildman–Crippen MR) is 99.8 cm³/mol. The van der Waals surface area contributed by atoms with E-state index in [-0.39, 0.29) is 5.82 Å². The third kappa shape index (κ3) is 7.19. The first-order valence-corrected chi connectivity index (χ1v) is 8.91. The minimum absolute atomic E-state index is 0.0797. The molecule has 0 atom stereocenters. The quantitative estimate of drug-likeness (QED) is 0.803. The fourth-order valence-corrected chi connectivity index (χ4v) is 3.16. The molecule has 2 aromatic rings. The number of carbonyl (C=O) groups is 2. The lowest BCUT2D eigenvalue weighted by Gasteiger charge is -2.32. The highest BCUT2D eigenvalue weighted by atomic mass is 19.1. The van der Waals surface area contributed by atoms with Crippen LogP contribution in [0.3, 0.4) is 0 Å². The molecule has 27 heavy (non-hydrogen) atoms. The summed E-state index contributed by atoms with van der Waals surface area (Å²) < 4.78 is 13.7. The van der Waals surface area contributed by atoms with Crippen LogP contribution in [0.15, 0.2) is 54.6 Å². The number of carboxylic acid groups (broad SMARTS) is 2. The molecule has 0 spiro atoms. The number of hydrogen-bond acceptors (Lipinski definition) is 3. The maximum Gasteiger partial charge on any atom is 0.414 e. The Bertz CT molecular complexity index is 731. The van der Waals surface area contributed by atoms with E-state index in [0.29, 0.717) is 0 Å². The number of piperidine rings is 1. The number of hydrogen-bond donors (Lipinski definition) is 2. The summed E-state index contributed by atoms with van der Waals surface area (Å²) >= 11 is 0. The fraction of sp³-hybridized carbons (Fsp3) is 0.333. The molecule has 0 unspecified atom stereocenters. The van der Waals surface area contributed by atoms with Gasteiger partial charge < -0.3 is 10.2 Å². The minimum Gasteiger partial charge on any atom is -0.473 e. The number of rotatable bonds is 4. The summed E-state index contributed by atoms with van der Waals surface area (Å²) in [5.74, 6) is -2.96. The zero-order valence-corrected chi connectivity index (χ0v) is 15.1. The first-order chi connectivity index (χ1) is 13.0. The van der Waals surface area contributed by atoms with Crippen LogP contribution in [0.5, 0.6) is 0 Å². The Morgan fingerprint density at radius 3 is 2.04 bits per heavy atom. The molecule has 0 saturated carbocycles. The summed E-state index contributed by atoms with van der Waals surface area (Å²) in [4.78, 5) is 20.6. The molecule has 1 aliphatic heterocycles. The predicted octanol–water partition coefficient (Wildman–Crippen LogP) is 3.44. The van der Waals surface area contributed by atoms with Crippen molar-refractivity contribution in [2.75, 3.05) is 13.1 Å². The Morgan fingerprint density at radius 2 is 1.48 bits per heavy atom. The van der Waals surface area contributed by atoms with Gasteiger partial charge in [-0.05, 0) is 49.9 Å². The van der Waals surface area contributed by atoms with Crippen LogP contribution >= 0.6 is 0 Å². The van der Waals surface area contributed by atoms with E-state index in [1.54, 1.807) is 12.1 Å². The zero-order chi connectivity index (χ0) is 19.6. The number of nitrogens with zero attached hydrogens (tertiary/aromatic N) is 1. The van der Waals surface area contributed by atoms with Gasteiger partial charge in [0.15, 0.2) is 0 Å². The van der Waals surface area contributed by atoms with Gasteiger partial charge in [0.05, 0.1) is 0 Å².